The van der Waals surface area contributed by atoms with Gasteiger partial charge in [-0.15, -0.1) is 0 Å². The predicted molar refractivity (Wildman–Crippen MR) is 95.5 cm³/mol. The number of carbonyl (C=O) groups excluding carboxylic acids is 2. The predicted octanol–water partition coefficient (Wildman–Crippen LogP) is 2.68. The van der Waals surface area contributed by atoms with Crippen LogP contribution in [0, 0.1) is 11.7 Å². The number of carbonyl (C=O) groups is 2. The molecule has 0 saturated heterocycles. The van der Waals surface area contributed by atoms with Gasteiger partial charge in [-0.3, -0.25) is 9.59 Å². The van der Waals surface area contributed by atoms with E-state index in [1.807, 2.05) is 19.9 Å². The van der Waals surface area contributed by atoms with E-state index in [0.29, 0.717) is 17.8 Å². The Balaban J connectivity index is 1.97. The lowest BCUT2D eigenvalue weighted by atomic mass is 10.0. The van der Waals surface area contributed by atoms with Gasteiger partial charge in [0, 0.05) is 17.8 Å². The molecule has 0 aromatic heterocycles. The van der Waals surface area contributed by atoms with Gasteiger partial charge in [-0.05, 0) is 47.9 Å². The van der Waals surface area contributed by atoms with Crippen molar-refractivity contribution in [3.8, 4) is 0 Å². The number of nitrogens with one attached hydrogen (secondary N) is 2. The molecule has 2 amide bonds. The molecule has 0 fully saturated rings. The maximum atomic E-state index is 12.9. The number of nitrogens with two attached hydrogens (primary N) is 1. The Bertz CT molecular complexity index is 745. The summed E-state index contributed by atoms with van der Waals surface area (Å²) in [5, 5.41) is 5.53. The van der Waals surface area contributed by atoms with E-state index in [-0.39, 0.29) is 17.7 Å². The lowest BCUT2D eigenvalue weighted by Gasteiger charge is -2.15. The number of rotatable bonds is 6. The molecule has 2 aromatic carbocycles. The number of halogens is 1. The van der Waals surface area contributed by atoms with Crippen molar-refractivity contribution in [2.75, 3.05) is 5.32 Å². The van der Waals surface area contributed by atoms with Gasteiger partial charge >= 0.3 is 0 Å². The van der Waals surface area contributed by atoms with Gasteiger partial charge in [-0.2, -0.15) is 0 Å². The fraction of sp³-hybridized carbons (Fsp3) is 0.263. The van der Waals surface area contributed by atoms with Crippen LogP contribution in [0.3, 0.4) is 0 Å². The first-order chi connectivity index (χ1) is 11.9. The molecular formula is C19H22FN3O2. The Morgan fingerprint density at radius 2 is 1.80 bits per heavy atom. The molecule has 4 N–H and O–H groups in total. The number of amides is 2. The Morgan fingerprint density at radius 1 is 1.12 bits per heavy atom. The summed E-state index contributed by atoms with van der Waals surface area (Å²) in [6.07, 6.45) is 0. The normalized spacial score (nSPS) is 11.9. The second-order valence-electron chi connectivity index (χ2n) is 6.15. The SMILES string of the molecule is CC(C)[C@H](N)C(=O)NCc1cccc(NC(=O)c2ccc(F)cc2)c1. The van der Waals surface area contributed by atoms with Crippen LogP contribution >= 0.6 is 0 Å². The van der Waals surface area contributed by atoms with Crippen molar-refractivity contribution in [1.29, 1.82) is 0 Å². The fourth-order valence-electron chi connectivity index (χ4n) is 2.17. The zero-order valence-corrected chi connectivity index (χ0v) is 14.3. The first-order valence-corrected chi connectivity index (χ1v) is 8.06. The Kier molecular flexibility index (Phi) is 6.25. The zero-order valence-electron chi connectivity index (χ0n) is 14.3. The molecule has 2 rings (SSSR count). The molecule has 0 saturated carbocycles. The molecule has 25 heavy (non-hydrogen) atoms. The molecular weight excluding hydrogens is 321 g/mol. The average Bonchev–Trinajstić information content (AvgIpc) is 2.59. The van der Waals surface area contributed by atoms with Crippen molar-refractivity contribution in [1.82, 2.24) is 5.32 Å². The summed E-state index contributed by atoms with van der Waals surface area (Å²) < 4.78 is 12.9. The molecule has 0 unspecified atom stereocenters. The van der Waals surface area contributed by atoms with Crippen LogP contribution < -0.4 is 16.4 Å². The third-order valence-electron chi connectivity index (χ3n) is 3.78. The minimum Gasteiger partial charge on any atom is -0.351 e. The monoisotopic (exact) mass is 343 g/mol. The van der Waals surface area contributed by atoms with E-state index in [2.05, 4.69) is 10.6 Å². The molecule has 0 aliphatic heterocycles. The lowest BCUT2D eigenvalue weighted by molar-refractivity contribution is -0.123. The van der Waals surface area contributed by atoms with Gasteiger partial charge in [0.25, 0.3) is 5.91 Å². The van der Waals surface area contributed by atoms with Crippen molar-refractivity contribution in [2.24, 2.45) is 11.7 Å². The van der Waals surface area contributed by atoms with Crippen LogP contribution in [0.4, 0.5) is 10.1 Å². The van der Waals surface area contributed by atoms with Crippen LogP contribution in [0.1, 0.15) is 29.8 Å². The van der Waals surface area contributed by atoms with E-state index in [0.717, 1.165) is 5.56 Å². The number of benzene rings is 2. The summed E-state index contributed by atoms with van der Waals surface area (Å²) in [6.45, 7) is 4.09. The van der Waals surface area contributed by atoms with Crippen LogP contribution in [-0.4, -0.2) is 17.9 Å². The molecule has 5 nitrogen and oxygen atoms in total. The Morgan fingerprint density at radius 3 is 2.44 bits per heavy atom. The van der Waals surface area contributed by atoms with E-state index < -0.39 is 11.9 Å². The van der Waals surface area contributed by atoms with Crippen molar-refractivity contribution in [2.45, 2.75) is 26.4 Å². The van der Waals surface area contributed by atoms with Crippen LogP contribution in [0.2, 0.25) is 0 Å². The summed E-state index contributed by atoms with van der Waals surface area (Å²) in [5.41, 5.74) is 7.59. The minimum atomic E-state index is -0.554. The maximum Gasteiger partial charge on any atom is 0.255 e. The summed E-state index contributed by atoms with van der Waals surface area (Å²) in [4.78, 5) is 24.0. The molecule has 6 heteroatoms. The van der Waals surface area contributed by atoms with Crippen molar-refractivity contribution >= 4 is 17.5 Å². The van der Waals surface area contributed by atoms with Gasteiger partial charge in [0.05, 0.1) is 6.04 Å². The van der Waals surface area contributed by atoms with Gasteiger partial charge in [0.2, 0.25) is 5.91 Å². The van der Waals surface area contributed by atoms with Gasteiger partial charge in [-0.25, -0.2) is 4.39 Å². The molecule has 2 aromatic rings. The summed E-state index contributed by atoms with van der Waals surface area (Å²) >= 11 is 0. The van der Waals surface area contributed by atoms with Gasteiger partial charge in [-0.1, -0.05) is 26.0 Å². The molecule has 1 atom stereocenters. The van der Waals surface area contributed by atoms with Crippen molar-refractivity contribution in [3.63, 3.8) is 0 Å². The largest absolute Gasteiger partial charge is 0.351 e. The van der Waals surface area contributed by atoms with E-state index in [4.69, 9.17) is 5.73 Å². The highest BCUT2D eigenvalue weighted by Gasteiger charge is 2.16. The molecule has 0 heterocycles. The molecule has 0 aliphatic rings. The van der Waals surface area contributed by atoms with Crippen LogP contribution in [0.15, 0.2) is 48.5 Å². The van der Waals surface area contributed by atoms with E-state index in [1.165, 1.54) is 24.3 Å². The van der Waals surface area contributed by atoms with E-state index in [9.17, 15) is 14.0 Å². The number of anilines is 1. The average molecular weight is 343 g/mol. The summed E-state index contributed by atoms with van der Waals surface area (Å²) in [6, 6.07) is 11.9. The highest BCUT2D eigenvalue weighted by atomic mass is 19.1. The smallest absolute Gasteiger partial charge is 0.255 e. The molecule has 0 radical (unpaired) electrons. The topological polar surface area (TPSA) is 84.2 Å². The quantitative estimate of drug-likeness (QED) is 0.754. The highest BCUT2D eigenvalue weighted by Crippen LogP contribution is 2.13. The highest BCUT2D eigenvalue weighted by molar-refractivity contribution is 6.04. The van der Waals surface area contributed by atoms with Gasteiger partial charge in [0.15, 0.2) is 0 Å². The first kappa shape index (κ1) is 18.6. The zero-order chi connectivity index (χ0) is 18.4. The molecule has 0 spiro atoms. The van der Waals surface area contributed by atoms with Crippen LogP contribution in [-0.2, 0) is 11.3 Å². The van der Waals surface area contributed by atoms with Crippen LogP contribution in [0.5, 0.6) is 0 Å². The lowest BCUT2D eigenvalue weighted by Crippen LogP contribution is -2.43. The summed E-state index contributed by atoms with van der Waals surface area (Å²) in [5.74, 6) is -0.881. The second-order valence-corrected chi connectivity index (χ2v) is 6.15. The Hall–Kier alpha value is -2.73. The van der Waals surface area contributed by atoms with E-state index >= 15 is 0 Å². The van der Waals surface area contributed by atoms with E-state index in [1.54, 1.807) is 18.2 Å². The molecule has 0 bridgehead atoms. The Labute approximate surface area is 146 Å². The maximum absolute atomic E-state index is 12.9. The fourth-order valence-corrected chi connectivity index (χ4v) is 2.17. The number of hydrogen-bond donors (Lipinski definition) is 3. The third-order valence-corrected chi connectivity index (χ3v) is 3.78. The first-order valence-electron chi connectivity index (χ1n) is 8.06. The van der Waals surface area contributed by atoms with Crippen LogP contribution in [0.25, 0.3) is 0 Å². The molecule has 132 valence electrons. The van der Waals surface area contributed by atoms with Crippen molar-refractivity contribution < 1.29 is 14.0 Å². The van der Waals surface area contributed by atoms with Gasteiger partial charge < -0.3 is 16.4 Å². The third kappa shape index (κ3) is 5.39. The summed E-state index contributed by atoms with van der Waals surface area (Å²) in [7, 11) is 0. The second kappa shape index (κ2) is 8.39. The van der Waals surface area contributed by atoms with Gasteiger partial charge in [0.1, 0.15) is 5.82 Å². The molecule has 0 aliphatic carbocycles. The standard InChI is InChI=1S/C19H22FN3O2/c1-12(2)17(21)19(25)22-11-13-4-3-5-16(10-13)23-18(24)14-6-8-15(20)9-7-14/h3-10,12,17H,11,21H2,1-2H3,(H,22,25)(H,23,24)/t17-/m0/s1. The van der Waals surface area contributed by atoms with Crippen molar-refractivity contribution in [3.05, 3.63) is 65.5 Å². The number of hydrogen-bond acceptors (Lipinski definition) is 3. The minimum absolute atomic E-state index is 0.0568.